The Morgan fingerprint density at radius 3 is 2.44 bits per heavy atom. The molecule has 0 bridgehead atoms. The van der Waals surface area contributed by atoms with Crippen LogP contribution in [0.25, 0.3) is 0 Å². The highest BCUT2D eigenvalue weighted by atomic mass is 16.5. The van der Waals surface area contributed by atoms with Gasteiger partial charge in [-0.25, -0.2) is 4.68 Å². The summed E-state index contributed by atoms with van der Waals surface area (Å²) in [7, 11) is 0. The Balaban J connectivity index is 1.87. The highest BCUT2D eigenvalue weighted by molar-refractivity contribution is 5.48. The van der Waals surface area contributed by atoms with Crippen LogP contribution in [0, 0.1) is 13.8 Å². The standard InChI is InChI=1S/C19H22N4O2/c1-12(2)17-9-16(5-6-18(17)24)25-19-13(3)7-15(8-14(19)4)10-23-11-20-21-22-23/h5-9,11-12,24H,10H2,1-4H3. The third-order valence-corrected chi connectivity index (χ3v) is 4.10. The van der Waals surface area contributed by atoms with E-state index in [9.17, 15) is 5.11 Å². The molecule has 0 saturated carbocycles. The fraction of sp³-hybridized carbons (Fsp3) is 0.316. The van der Waals surface area contributed by atoms with E-state index in [1.807, 2.05) is 33.8 Å². The highest BCUT2D eigenvalue weighted by Crippen LogP contribution is 2.34. The largest absolute Gasteiger partial charge is 0.508 e. The molecule has 0 saturated heterocycles. The molecular formula is C19H22N4O2. The van der Waals surface area contributed by atoms with Crippen molar-refractivity contribution in [3.05, 3.63) is 58.9 Å². The van der Waals surface area contributed by atoms with E-state index in [0.717, 1.165) is 33.8 Å². The number of phenolic OH excluding ortho intramolecular Hbond substituents is 1. The smallest absolute Gasteiger partial charge is 0.138 e. The number of hydrogen-bond donors (Lipinski definition) is 1. The van der Waals surface area contributed by atoms with Crippen LogP contribution in [0.4, 0.5) is 0 Å². The number of ether oxygens (including phenoxy) is 1. The van der Waals surface area contributed by atoms with Gasteiger partial charge in [-0.2, -0.15) is 0 Å². The molecule has 0 aliphatic carbocycles. The molecule has 0 spiro atoms. The molecule has 1 heterocycles. The zero-order valence-corrected chi connectivity index (χ0v) is 14.9. The molecule has 0 fully saturated rings. The maximum Gasteiger partial charge on any atom is 0.138 e. The molecule has 3 rings (SSSR count). The van der Waals surface area contributed by atoms with Crippen LogP contribution in [-0.4, -0.2) is 25.3 Å². The van der Waals surface area contributed by atoms with Gasteiger partial charge in [-0.1, -0.05) is 26.0 Å². The zero-order chi connectivity index (χ0) is 18.0. The Labute approximate surface area is 147 Å². The first kappa shape index (κ1) is 17.0. The van der Waals surface area contributed by atoms with E-state index in [1.54, 1.807) is 23.1 Å². The first-order valence-electron chi connectivity index (χ1n) is 8.25. The van der Waals surface area contributed by atoms with Crippen molar-refractivity contribution in [3.63, 3.8) is 0 Å². The van der Waals surface area contributed by atoms with Crippen LogP contribution in [0.2, 0.25) is 0 Å². The molecule has 3 aromatic rings. The van der Waals surface area contributed by atoms with Gasteiger partial charge < -0.3 is 9.84 Å². The van der Waals surface area contributed by atoms with Gasteiger partial charge in [-0.15, -0.1) is 5.10 Å². The molecule has 0 unspecified atom stereocenters. The summed E-state index contributed by atoms with van der Waals surface area (Å²) in [4.78, 5) is 0. The van der Waals surface area contributed by atoms with Crippen molar-refractivity contribution >= 4 is 0 Å². The first-order valence-corrected chi connectivity index (χ1v) is 8.25. The van der Waals surface area contributed by atoms with Gasteiger partial charge in [0.1, 0.15) is 23.6 Å². The van der Waals surface area contributed by atoms with E-state index in [0.29, 0.717) is 12.3 Å². The fourth-order valence-corrected chi connectivity index (χ4v) is 2.91. The molecule has 6 heteroatoms. The number of phenols is 1. The SMILES string of the molecule is Cc1cc(Cn2cnnn2)cc(C)c1Oc1ccc(O)c(C(C)C)c1. The summed E-state index contributed by atoms with van der Waals surface area (Å²) in [6, 6.07) is 9.52. The minimum Gasteiger partial charge on any atom is -0.508 e. The lowest BCUT2D eigenvalue weighted by Crippen LogP contribution is -2.02. The Bertz CT molecular complexity index is 850. The monoisotopic (exact) mass is 338 g/mol. The lowest BCUT2D eigenvalue weighted by atomic mass is 10.0. The Morgan fingerprint density at radius 2 is 1.84 bits per heavy atom. The predicted molar refractivity (Wildman–Crippen MR) is 95.1 cm³/mol. The van der Waals surface area contributed by atoms with Crippen LogP contribution in [0.3, 0.4) is 0 Å². The molecule has 1 aromatic heterocycles. The van der Waals surface area contributed by atoms with Crippen molar-refractivity contribution in [2.75, 3.05) is 0 Å². The molecule has 130 valence electrons. The van der Waals surface area contributed by atoms with Crippen LogP contribution in [0.1, 0.15) is 42.0 Å². The normalized spacial score (nSPS) is 11.1. The van der Waals surface area contributed by atoms with Gasteiger partial charge in [0.2, 0.25) is 0 Å². The van der Waals surface area contributed by atoms with E-state index in [-0.39, 0.29) is 5.92 Å². The van der Waals surface area contributed by atoms with E-state index in [1.165, 1.54) is 0 Å². The van der Waals surface area contributed by atoms with Crippen molar-refractivity contribution in [1.29, 1.82) is 0 Å². The molecule has 0 amide bonds. The Morgan fingerprint density at radius 1 is 1.12 bits per heavy atom. The maximum absolute atomic E-state index is 9.97. The minimum atomic E-state index is 0.226. The van der Waals surface area contributed by atoms with E-state index in [4.69, 9.17) is 4.74 Å². The number of benzene rings is 2. The van der Waals surface area contributed by atoms with Crippen LogP contribution < -0.4 is 4.74 Å². The van der Waals surface area contributed by atoms with Gasteiger partial charge >= 0.3 is 0 Å². The third kappa shape index (κ3) is 3.79. The van der Waals surface area contributed by atoms with E-state index >= 15 is 0 Å². The van der Waals surface area contributed by atoms with Crippen LogP contribution >= 0.6 is 0 Å². The highest BCUT2D eigenvalue weighted by Gasteiger charge is 2.12. The maximum atomic E-state index is 9.97. The number of hydrogen-bond acceptors (Lipinski definition) is 5. The molecule has 2 aromatic carbocycles. The number of tetrazole rings is 1. The van der Waals surface area contributed by atoms with Gasteiger partial charge in [0, 0.05) is 5.56 Å². The van der Waals surface area contributed by atoms with Gasteiger partial charge in [0.15, 0.2) is 0 Å². The molecule has 1 N–H and O–H groups in total. The second-order valence-corrected chi connectivity index (χ2v) is 6.54. The quantitative estimate of drug-likeness (QED) is 0.762. The molecule has 0 atom stereocenters. The molecule has 6 nitrogen and oxygen atoms in total. The van der Waals surface area contributed by atoms with Crippen LogP contribution in [0.5, 0.6) is 17.2 Å². The topological polar surface area (TPSA) is 73.1 Å². The second kappa shape index (κ2) is 6.93. The summed E-state index contributed by atoms with van der Waals surface area (Å²) < 4.78 is 7.80. The first-order chi connectivity index (χ1) is 11.9. The van der Waals surface area contributed by atoms with Crippen LogP contribution in [-0.2, 0) is 6.54 Å². The Kier molecular flexibility index (Phi) is 4.70. The van der Waals surface area contributed by atoms with Crippen LogP contribution in [0.15, 0.2) is 36.7 Å². The number of aromatic hydroxyl groups is 1. The lowest BCUT2D eigenvalue weighted by Gasteiger charge is -2.16. The lowest BCUT2D eigenvalue weighted by molar-refractivity contribution is 0.452. The van der Waals surface area contributed by atoms with Gasteiger partial charge in [0.25, 0.3) is 0 Å². The Hall–Kier alpha value is -2.89. The van der Waals surface area contributed by atoms with Crippen molar-refractivity contribution < 1.29 is 9.84 Å². The molecule has 25 heavy (non-hydrogen) atoms. The summed E-state index contributed by atoms with van der Waals surface area (Å²) >= 11 is 0. The molecule has 0 radical (unpaired) electrons. The number of aryl methyl sites for hydroxylation is 2. The predicted octanol–water partition coefficient (Wildman–Crippen LogP) is 3.96. The van der Waals surface area contributed by atoms with Crippen molar-refractivity contribution in [2.45, 2.75) is 40.2 Å². The van der Waals surface area contributed by atoms with Gasteiger partial charge in [0.05, 0.1) is 6.54 Å². The molecular weight excluding hydrogens is 316 g/mol. The van der Waals surface area contributed by atoms with Crippen molar-refractivity contribution in [2.24, 2.45) is 0 Å². The summed E-state index contributed by atoms with van der Waals surface area (Å²) in [5.74, 6) is 2.08. The zero-order valence-electron chi connectivity index (χ0n) is 14.9. The summed E-state index contributed by atoms with van der Waals surface area (Å²) in [6.07, 6.45) is 1.60. The average Bonchev–Trinajstić information content (AvgIpc) is 3.05. The molecule has 0 aliphatic rings. The van der Waals surface area contributed by atoms with Gasteiger partial charge in [-0.05, 0) is 65.1 Å². The number of aromatic nitrogens is 4. The third-order valence-electron chi connectivity index (χ3n) is 4.10. The second-order valence-electron chi connectivity index (χ2n) is 6.54. The summed E-state index contributed by atoms with van der Waals surface area (Å²) in [6.45, 7) is 8.75. The fourth-order valence-electron chi connectivity index (χ4n) is 2.91. The van der Waals surface area contributed by atoms with Gasteiger partial charge in [-0.3, -0.25) is 0 Å². The molecule has 0 aliphatic heterocycles. The van der Waals surface area contributed by atoms with Crippen molar-refractivity contribution in [1.82, 2.24) is 20.2 Å². The van der Waals surface area contributed by atoms with E-state index < -0.39 is 0 Å². The minimum absolute atomic E-state index is 0.226. The average molecular weight is 338 g/mol. The summed E-state index contributed by atoms with van der Waals surface area (Å²) in [5.41, 5.74) is 4.08. The summed E-state index contributed by atoms with van der Waals surface area (Å²) in [5, 5.41) is 21.2. The number of nitrogens with zero attached hydrogens (tertiary/aromatic N) is 4. The van der Waals surface area contributed by atoms with E-state index in [2.05, 4.69) is 27.7 Å². The van der Waals surface area contributed by atoms with Crippen molar-refractivity contribution in [3.8, 4) is 17.2 Å². The number of rotatable bonds is 5.